The van der Waals surface area contributed by atoms with Crippen molar-refractivity contribution in [3.8, 4) is 27.9 Å². The molecule has 11 aromatic rings. The lowest BCUT2D eigenvalue weighted by atomic mass is 9.80. The lowest BCUT2D eigenvalue weighted by Gasteiger charge is -2.31. The molecule has 10 aromatic carbocycles. The molecule has 2 nitrogen and oxygen atoms in total. The van der Waals surface area contributed by atoms with E-state index >= 15 is 0 Å². The Labute approximate surface area is 362 Å². The number of benzene rings is 10. The van der Waals surface area contributed by atoms with Crippen LogP contribution in [0, 0.1) is 0 Å². The fourth-order valence-corrected chi connectivity index (χ4v) is 10.8. The van der Waals surface area contributed by atoms with Crippen molar-refractivity contribution in [2.24, 2.45) is 0 Å². The van der Waals surface area contributed by atoms with Gasteiger partial charge in [-0.2, -0.15) is 0 Å². The van der Waals surface area contributed by atoms with Gasteiger partial charge >= 0.3 is 0 Å². The van der Waals surface area contributed by atoms with Crippen LogP contribution in [0.5, 0.6) is 0 Å². The van der Waals surface area contributed by atoms with Crippen molar-refractivity contribution >= 4 is 71.2 Å². The summed E-state index contributed by atoms with van der Waals surface area (Å²) in [6.45, 7) is 0. The highest BCUT2D eigenvalue weighted by Crippen LogP contribution is 2.49. The van der Waals surface area contributed by atoms with Crippen molar-refractivity contribution < 1.29 is 0 Å². The maximum Gasteiger partial charge on any atom is 0.0561 e. The molecule has 1 aliphatic rings. The van der Waals surface area contributed by atoms with Crippen molar-refractivity contribution in [1.29, 1.82) is 0 Å². The summed E-state index contributed by atoms with van der Waals surface area (Å²) in [5.41, 5.74) is 13.3. The number of nitrogens with zero attached hydrogens (tertiary/aromatic N) is 2. The Morgan fingerprint density at radius 1 is 0.371 bits per heavy atom. The lowest BCUT2D eigenvalue weighted by molar-refractivity contribution is 0.445. The van der Waals surface area contributed by atoms with E-state index in [4.69, 9.17) is 0 Å². The van der Waals surface area contributed by atoms with E-state index in [-0.39, 0.29) is 0 Å². The van der Waals surface area contributed by atoms with Crippen molar-refractivity contribution in [3.05, 3.63) is 218 Å². The molecular formula is C60H46N2. The Kier molecular flexibility index (Phi) is 8.96. The van der Waals surface area contributed by atoms with Gasteiger partial charge in [0.1, 0.15) is 0 Å². The van der Waals surface area contributed by atoms with Gasteiger partial charge in [-0.1, -0.05) is 189 Å². The van der Waals surface area contributed by atoms with E-state index in [9.17, 15) is 0 Å². The molecule has 12 rings (SSSR count). The molecule has 2 heteroatoms. The van der Waals surface area contributed by atoms with Crippen LogP contribution in [0.15, 0.2) is 212 Å². The second kappa shape index (κ2) is 15.2. The summed E-state index contributed by atoms with van der Waals surface area (Å²) in [5.74, 6) is 0.572. The van der Waals surface area contributed by atoms with E-state index in [0.717, 1.165) is 22.7 Å². The molecule has 296 valence electrons. The van der Waals surface area contributed by atoms with Crippen LogP contribution in [-0.2, 0) is 0 Å². The molecular weight excluding hydrogens is 749 g/mol. The van der Waals surface area contributed by atoms with Gasteiger partial charge in [0, 0.05) is 33.3 Å². The van der Waals surface area contributed by atoms with Gasteiger partial charge in [-0.3, -0.25) is 0 Å². The maximum atomic E-state index is 2.54. The van der Waals surface area contributed by atoms with Crippen LogP contribution in [0.25, 0.3) is 82.1 Å². The van der Waals surface area contributed by atoms with Crippen LogP contribution < -0.4 is 4.90 Å². The standard InChI is InChI=1S/C60H46N2/c1-3-18-41(19-4-1)47-29-15-21-43-22-16-32-55(60(43)47)53-28-11-14-35-58(53)62(45-37-39-54-52-27-10-13-34-57(52)61(59(54)40-45)44-23-5-2-6-24-44)56-33-12-9-26-51(56)49-31-17-30-48-46-25-8-7-20-42(46)36-38-50(48)49/h2,5-17,20-41H,1,3-4,18-19H2. The molecule has 0 atom stereocenters. The summed E-state index contributed by atoms with van der Waals surface area (Å²) in [6.07, 6.45) is 6.45. The van der Waals surface area contributed by atoms with Crippen molar-refractivity contribution in [3.63, 3.8) is 0 Å². The average molecular weight is 795 g/mol. The molecule has 1 fully saturated rings. The van der Waals surface area contributed by atoms with Crippen molar-refractivity contribution in [1.82, 2.24) is 4.57 Å². The van der Waals surface area contributed by atoms with Crippen molar-refractivity contribution in [2.45, 2.75) is 38.0 Å². The second-order valence-corrected chi connectivity index (χ2v) is 17.0. The smallest absolute Gasteiger partial charge is 0.0561 e. The van der Waals surface area contributed by atoms with Crippen LogP contribution in [-0.4, -0.2) is 4.57 Å². The molecule has 0 aliphatic heterocycles. The van der Waals surface area contributed by atoms with Crippen LogP contribution in [0.3, 0.4) is 0 Å². The fraction of sp³-hybridized carbons (Fsp3) is 0.100. The third-order valence-corrected chi connectivity index (χ3v) is 13.6. The molecule has 0 unspecified atom stereocenters. The number of hydrogen-bond acceptors (Lipinski definition) is 1. The molecule has 1 saturated carbocycles. The SMILES string of the molecule is c1ccc(-n2c3ccccc3c3ccc(N(c4ccccc4-c4cccc5c4ccc4ccccc45)c4ccccc4-c4cccc5cccc(C6CCCCC6)c45)cc32)cc1. The molecule has 0 bridgehead atoms. The third kappa shape index (κ3) is 6.01. The molecule has 1 heterocycles. The number of para-hydroxylation sites is 4. The number of fused-ring (bicyclic) bond motifs is 7. The molecule has 0 saturated heterocycles. The lowest BCUT2D eigenvalue weighted by Crippen LogP contribution is -2.13. The van der Waals surface area contributed by atoms with E-state index < -0.39 is 0 Å². The largest absolute Gasteiger partial charge is 0.309 e. The zero-order valence-corrected chi connectivity index (χ0v) is 34.7. The highest BCUT2D eigenvalue weighted by Gasteiger charge is 2.25. The van der Waals surface area contributed by atoms with Gasteiger partial charge in [-0.25, -0.2) is 0 Å². The van der Waals surface area contributed by atoms with Crippen LogP contribution in [0.2, 0.25) is 0 Å². The summed E-state index contributed by atoms with van der Waals surface area (Å²) >= 11 is 0. The van der Waals surface area contributed by atoms with E-state index in [1.807, 2.05) is 0 Å². The minimum Gasteiger partial charge on any atom is -0.309 e. The Morgan fingerprint density at radius 3 is 1.77 bits per heavy atom. The average Bonchev–Trinajstić information content (AvgIpc) is 3.68. The normalized spacial score (nSPS) is 13.4. The Hall–Kier alpha value is -7.42. The first-order valence-electron chi connectivity index (χ1n) is 22.3. The fourth-order valence-electron chi connectivity index (χ4n) is 10.8. The number of hydrogen-bond donors (Lipinski definition) is 0. The zero-order valence-electron chi connectivity index (χ0n) is 34.7. The van der Waals surface area contributed by atoms with Gasteiger partial charge in [0.15, 0.2) is 0 Å². The molecule has 62 heavy (non-hydrogen) atoms. The summed E-state index contributed by atoms with van der Waals surface area (Å²) < 4.78 is 2.43. The zero-order chi connectivity index (χ0) is 41.0. The van der Waals surface area contributed by atoms with Gasteiger partial charge in [-0.05, 0) is 110 Å². The first-order valence-corrected chi connectivity index (χ1v) is 22.3. The van der Waals surface area contributed by atoms with E-state index in [1.54, 1.807) is 0 Å². The molecule has 0 N–H and O–H groups in total. The summed E-state index contributed by atoms with van der Waals surface area (Å²) in [4.78, 5) is 2.54. The third-order valence-electron chi connectivity index (χ3n) is 13.6. The highest BCUT2D eigenvalue weighted by atomic mass is 15.1. The monoisotopic (exact) mass is 794 g/mol. The Bertz CT molecular complexity index is 3450. The van der Waals surface area contributed by atoms with Crippen LogP contribution in [0.4, 0.5) is 17.1 Å². The molecule has 0 amide bonds. The van der Waals surface area contributed by atoms with Gasteiger partial charge in [0.05, 0.1) is 22.4 Å². The minimum atomic E-state index is 0.572. The summed E-state index contributed by atoms with van der Waals surface area (Å²) in [6, 6.07) is 78.9. The maximum absolute atomic E-state index is 2.54. The highest BCUT2D eigenvalue weighted by molar-refractivity contribution is 6.14. The van der Waals surface area contributed by atoms with E-state index in [0.29, 0.717) is 5.92 Å². The Balaban J connectivity index is 1.15. The molecule has 1 aliphatic carbocycles. The minimum absolute atomic E-state index is 0.572. The first-order chi connectivity index (χ1) is 30.8. The molecule has 0 radical (unpaired) electrons. The summed E-state index contributed by atoms with van der Waals surface area (Å²) in [5, 5.41) is 10.2. The van der Waals surface area contributed by atoms with Crippen LogP contribution in [0.1, 0.15) is 43.6 Å². The first kappa shape index (κ1) is 36.4. The number of aromatic nitrogens is 1. The summed E-state index contributed by atoms with van der Waals surface area (Å²) in [7, 11) is 0. The second-order valence-electron chi connectivity index (χ2n) is 17.0. The number of rotatable bonds is 7. The topological polar surface area (TPSA) is 8.17 Å². The molecule has 1 aromatic heterocycles. The predicted molar refractivity (Wildman–Crippen MR) is 265 cm³/mol. The molecule has 0 spiro atoms. The van der Waals surface area contributed by atoms with E-state index in [2.05, 4.69) is 222 Å². The quantitative estimate of drug-likeness (QED) is 0.146. The van der Waals surface area contributed by atoms with Crippen molar-refractivity contribution in [2.75, 3.05) is 4.90 Å². The predicted octanol–water partition coefficient (Wildman–Crippen LogP) is 17.1. The van der Waals surface area contributed by atoms with Gasteiger partial charge in [0.25, 0.3) is 0 Å². The van der Waals surface area contributed by atoms with Gasteiger partial charge in [-0.15, -0.1) is 0 Å². The Morgan fingerprint density at radius 2 is 0.952 bits per heavy atom. The van der Waals surface area contributed by atoms with E-state index in [1.165, 1.54) is 114 Å². The van der Waals surface area contributed by atoms with Gasteiger partial charge in [0.2, 0.25) is 0 Å². The van der Waals surface area contributed by atoms with Crippen LogP contribution >= 0.6 is 0 Å². The van der Waals surface area contributed by atoms with Gasteiger partial charge < -0.3 is 9.47 Å². The number of anilines is 3.